The second-order valence-electron chi connectivity index (χ2n) is 8.40. The molecule has 1 amide bonds. The van der Waals surface area contributed by atoms with Crippen molar-refractivity contribution in [2.45, 2.75) is 25.3 Å². The number of carbonyl (C=O) groups excluding carboxylic acids is 1. The minimum atomic E-state index is -3.74. The molecule has 32 heavy (non-hydrogen) atoms. The van der Waals surface area contributed by atoms with E-state index in [2.05, 4.69) is 17.0 Å². The van der Waals surface area contributed by atoms with Crippen molar-refractivity contribution >= 4 is 31.6 Å². The van der Waals surface area contributed by atoms with Crippen LogP contribution in [0.5, 0.6) is 0 Å². The highest BCUT2D eigenvalue weighted by Crippen LogP contribution is 2.31. The Balaban J connectivity index is 1.49. The molecule has 0 N–H and O–H groups in total. The van der Waals surface area contributed by atoms with Crippen LogP contribution in [-0.4, -0.2) is 63.9 Å². The molecule has 0 bridgehead atoms. The number of hydrogen-bond acceptors (Lipinski definition) is 6. The maximum absolute atomic E-state index is 13.3. The number of anilines is 1. The Hall–Kier alpha value is -2.27. The largest absolute Gasteiger partial charge is 0.296 e. The van der Waals surface area contributed by atoms with Gasteiger partial charge in [0.05, 0.1) is 22.3 Å². The van der Waals surface area contributed by atoms with Crippen LogP contribution in [0.3, 0.4) is 0 Å². The lowest BCUT2D eigenvalue weighted by molar-refractivity contribution is -0.119. The van der Waals surface area contributed by atoms with Crippen LogP contribution in [0.2, 0.25) is 0 Å². The fraction of sp³-hybridized carbons (Fsp3) is 0.409. The predicted octanol–water partition coefficient (Wildman–Crippen LogP) is 1.81. The maximum Gasteiger partial charge on any atom is 0.244 e. The van der Waals surface area contributed by atoms with E-state index in [1.807, 2.05) is 18.2 Å². The van der Waals surface area contributed by atoms with Gasteiger partial charge in [-0.25, -0.2) is 21.1 Å². The van der Waals surface area contributed by atoms with Crippen molar-refractivity contribution in [3.05, 3.63) is 59.7 Å². The van der Waals surface area contributed by atoms with Gasteiger partial charge < -0.3 is 0 Å². The lowest BCUT2D eigenvalue weighted by atomic mass is 10.2. The molecule has 2 fully saturated rings. The molecule has 0 saturated carbocycles. The summed E-state index contributed by atoms with van der Waals surface area (Å²) in [5.74, 6) is -1.34. The number of piperazine rings is 1. The van der Waals surface area contributed by atoms with Crippen molar-refractivity contribution in [1.29, 1.82) is 0 Å². The van der Waals surface area contributed by atoms with Crippen molar-refractivity contribution in [2.24, 2.45) is 5.92 Å². The van der Waals surface area contributed by atoms with E-state index < -0.39 is 31.9 Å². The molecule has 2 aliphatic heterocycles. The van der Waals surface area contributed by atoms with Crippen molar-refractivity contribution in [2.75, 3.05) is 36.2 Å². The second kappa shape index (κ2) is 8.58. The van der Waals surface area contributed by atoms with Gasteiger partial charge in [-0.3, -0.25) is 9.69 Å². The molecule has 0 radical (unpaired) electrons. The fourth-order valence-electron chi connectivity index (χ4n) is 4.24. The first kappa shape index (κ1) is 22.9. The maximum atomic E-state index is 13.3. The first-order valence-electron chi connectivity index (χ1n) is 10.5. The van der Waals surface area contributed by atoms with Gasteiger partial charge in [0.2, 0.25) is 26.0 Å². The second-order valence-corrected chi connectivity index (χ2v) is 12.2. The summed E-state index contributed by atoms with van der Waals surface area (Å²) in [6.45, 7) is 5.99. The number of hydrogen-bond donors (Lipinski definition) is 0. The Morgan fingerprint density at radius 2 is 1.66 bits per heavy atom. The number of carbonyl (C=O) groups is 1. The number of benzene rings is 2. The zero-order valence-electron chi connectivity index (χ0n) is 18.1. The summed E-state index contributed by atoms with van der Waals surface area (Å²) in [6.07, 6.45) is 0. The highest BCUT2D eigenvalue weighted by Gasteiger charge is 2.42. The summed E-state index contributed by atoms with van der Waals surface area (Å²) in [5.41, 5.74) is 1.79. The molecule has 4 rings (SSSR count). The quantitative estimate of drug-likeness (QED) is 0.652. The van der Waals surface area contributed by atoms with Crippen LogP contribution in [0.25, 0.3) is 0 Å². The third kappa shape index (κ3) is 4.32. The molecule has 0 aliphatic carbocycles. The Morgan fingerprint density at radius 1 is 1.00 bits per heavy atom. The average Bonchev–Trinajstić information content (AvgIpc) is 2.95. The number of rotatable bonds is 5. The van der Waals surface area contributed by atoms with Gasteiger partial charge >= 0.3 is 0 Å². The number of amides is 1. The first-order chi connectivity index (χ1) is 15.1. The predicted molar refractivity (Wildman–Crippen MR) is 122 cm³/mol. The smallest absolute Gasteiger partial charge is 0.244 e. The topological polar surface area (TPSA) is 95.1 Å². The Morgan fingerprint density at radius 3 is 2.22 bits per heavy atom. The number of sulfonamides is 2. The van der Waals surface area contributed by atoms with Gasteiger partial charge in [-0.2, -0.15) is 4.31 Å². The van der Waals surface area contributed by atoms with Gasteiger partial charge in [-0.05, 0) is 36.2 Å². The van der Waals surface area contributed by atoms with E-state index in [0.717, 1.165) is 10.8 Å². The molecule has 2 saturated heterocycles. The molecule has 10 heteroatoms. The Labute approximate surface area is 189 Å². The van der Waals surface area contributed by atoms with E-state index >= 15 is 0 Å². The van der Waals surface area contributed by atoms with Gasteiger partial charge in [0.1, 0.15) is 0 Å². The van der Waals surface area contributed by atoms with Crippen molar-refractivity contribution in [1.82, 2.24) is 9.21 Å². The normalized spacial score (nSPS) is 22.4. The van der Waals surface area contributed by atoms with Crippen molar-refractivity contribution in [3.8, 4) is 0 Å². The molecule has 2 aliphatic rings. The van der Waals surface area contributed by atoms with E-state index in [1.165, 1.54) is 28.1 Å². The van der Waals surface area contributed by atoms with Crippen LogP contribution in [0.1, 0.15) is 18.1 Å². The molecule has 172 valence electrons. The molecule has 2 aromatic rings. The average molecular weight is 478 g/mol. The minimum absolute atomic E-state index is 0.134. The van der Waals surface area contributed by atoms with Gasteiger partial charge in [-0.1, -0.05) is 37.3 Å². The van der Waals surface area contributed by atoms with Crippen molar-refractivity contribution in [3.63, 3.8) is 0 Å². The van der Waals surface area contributed by atoms with Crippen LogP contribution >= 0.6 is 0 Å². The van der Waals surface area contributed by atoms with Crippen molar-refractivity contribution < 1.29 is 21.6 Å². The summed E-state index contributed by atoms with van der Waals surface area (Å²) < 4.78 is 53.5. The number of aryl methyl sites for hydroxylation is 1. The molecule has 0 spiro atoms. The van der Waals surface area contributed by atoms with Gasteiger partial charge in [0.15, 0.2) is 0 Å². The summed E-state index contributed by atoms with van der Waals surface area (Å²) >= 11 is 0. The summed E-state index contributed by atoms with van der Waals surface area (Å²) in [4.78, 5) is 14.7. The summed E-state index contributed by atoms with van der Waals surface area (Å²) in [5, 5.41) is 0. The van der Waals surface area contributed by atoms with Gasteiger partial charge in [0.25, 0.3) is 0 Å². The van der Waals surface area contributed by atoms with E-state index in [9.17, 15) is 21.6 Å². The summed E-state index contributed by atoms with van der Waals surface area (Å²) in [7, 11) is -7.47. The molecular formula is C22H27N3O5S2. The van der Waals surface area contributed by atoms with E-state index in [4.69, 9.17) is 0 Å². The lowest BCUT2D eigenvalue weighted by Gasteiger charge is -2.34. The molecule has 8 nitrogen and oxygen atoms in total. The van der Waals surface area contributed by atoms with Crippen LogP contribution in [0.15, 0.2) is 53.4 Å². The molecule has 1 unspecified atom stereocenters. The zero-order valence-corrected chi connectivity index (χ0v) is 19.8. The molecule has 0 aromatic heterocycles. The minimum Gasteiger partial charge on any atom is -0.296 e. The van der Waals surface area contributed by atoms with Gasteiger partial charge in [0, 0.05) is 32.7 Å². The Kier molecular flexibility index (Phi) is 6.15. The highest BCUT2D eigenvalue weighted by atomic mass is 32.2. The highest BCUT2D eigenvalue weighted by molar-refractivity contribution is 7.94. The monoisotopic (exact) mass is 477 g/mol. The molecule has 2 heterocycles. The molecule has 1 atom stereocenters. The van der Waals surface area contributed by atoms with Crippen LogP contribution < -0.4 is 4.31 Å². The van der Waals surface area contributed by atoms with Crippen LogP contribution in [-0.2, 0) is 31.4 Å². The SMILES string of the molecule is Cc1cc(N2C(=O)C(C)CS2(=O)=O)ccc1S(=O)(=O)N1CCN(Cc2ccccc2)CC1. The van der Waals surface area contributed by atoms with E-state index in [1.54, 1.807) is 13.8 Å². The third-order valence-corrected chi connectivity index (χ3v) is 9.88. The Bertz CT molecular complexity index is 1220. The summed E-state index contributed by atoms with van der Waals surface area (Å²) in [6, 6.07) is 14.3. The van der Waals surface area contributed by atoms with E-state index in [0.29, 0.717) is 31.7 Å². The zero-order chi connectivity index (χ0) is 23.1. The fourth-order valence-corrected chi connectivity index (χ4v) is 7.69. The molecular weight excluding hydrogens is 450 g/mol. The lowest BCUT2D eigenvalue weighted by Crippen LogP contribution is -2.48. The van der Waals surface area contributed by atoms with Gasteiger partial charge in [-0.15, -0.1) is 0 Å². The standard InChI is InChI=1S/C22H27N3O5S2/c1-17-14-20(25-22(26)18(2)16-31(25,27)28)8-9-21(17)32(29,30)24-12-10-23(11-13-24)15-19-6-4-3-5-7-19/h3-9,14,18H,10-13,15-16H2,1-2H3. The van der Waals surface area contributed by atoms with Crippen LogP contribution in [0.4, 0.5) is 5.69 Å². The van der Waals surface area contributed by atoms with Crippen LogP contribution in [0, 0.1) is 12.8 Å². The first-order valence-corrected chi connectivity index (χ1v) is 13.6. The number of nitrogens with zero attached hydrogens (tertiary/aromatic N) is 3. The third-order valence-electron chi connectivity index (χ3n) is 5.95. The molecule has 2 aromatic carbocycles. The van der Waals surface area contributed by atoms with E-state index in [-0.39, 0.29) is 16.3 Å².